The monoisotopic (exact) mass is 314 g/mol. The summed E-state index contributed by atoms with van der Waals surface area (Å²) in [6.07, 6.45) is -5.13. The molecular formula is C15H17F3N2O2. The van der Waals surface area contributed by atoms with Crippen molar-refractivity contribution in [3.05, 3.63) is 29.3 Å². The Labute approximate surface area is 126 Å². The van der Waals surface area contributed by atoms with Gasteiger partial charge in [-0.25, -0.2) is 4.79 Å². The Hall–Kier alpha value is -2.36. The first-order valence-electron chi connectivity index (χ1n) is 6.41. The fourth-order valence-corrected chi connectivity index (χ4v) is 1.46. The number of anilines is 1. The summed E-state index contributed by atoms with van der Waals surface area (Å²) in [6, 6.07) is 3.07. The molecule has 0 aliphatic heterocycles. The van der Waals surface area contributed by atoms with Crippen LogP contribution < -0.4 is 11.1 Å². The van der Waals surface area contributed by atoms with Crippen LogP contribution in [0.25, 0.3) is 0 Å². The highest BCUT2D eigenvalue weighted by Gasteiger charge is 2.30. The molecule has 0 heterocycles. The summed E-state index contributed by atoms with van der Waals surface area (Å²) in [5.74, 6) is 5.06. The van der Waals surface area contributed by atoms with Crippen molar-refractivity contribution in [3.8, 4) is 11.8 Å². The van der Waals surface area contributed by atoms with E-state index in [1.165, 1.54) is 6.07 Å². The van der Waals surface area contributed by atoms with E-state index in [4.69, 9.17) is 10.5 Å². The van der Waals surface area contributed by atoms with Gasteiger partial charge in [0, 0.05) is 11.3 Å². The summed E-state index contributed by atoms with van der Waals surface area (Å²) in [5.41, 5.74) is 4.02. The van der Waals surface area contributed by atoms with Crippen molar-refractivity contribution < 1.29 is 22.7 Å². The Kier molecular flexibility index (Phi) is 5.31. The third kappa shape index (κ3) is 6.39. The van der Waals surface area contributed by atoms with Crippen molar-refractivity contribution in [1.82, 2.24) is 5.32 Å². The third-order valence-electron chi connectivity index (χ3n) is 2.24. The van der Waals surface area contributed by atoms with Crippen molar-refractivity contribution in [3.63, 3.8) is 0 Å². The SMILES string of the molecule is CC(C)(C)OC(=O)NCC#Cc1cc(N)cc(C(F)(F)F)c1. The van der Waals surface area contributed by atoms with Gasteiger partial charge in [0.15, 0.2) is 0 Å². The Morgan fingerprint density at radius 2 is 1.91 bits per heavy atom. The zero-order valence-corrected chi connectivity index (χ0v) is 12.5. The number of halogens is 3. The van der Waals surface area contributed by atoms with Crippen molar-refractivity contribution in [2.45, 2.75) is 32.5 Å². The van der Waals surface area contributed by atoms with E-state index in [0.717, 1.165) is 12.1 Å². The number of hydrogen-bond acceptors (Lipinski definition) is 3. The number of carbonyl (C=O) groups is 1. The summed E-state index contributed by atoms with van der Waals surface area (Å²) in [4.78, 5) is 11.3. The van der Waals surface area contributed by atoms with E-state index in [0.29, 0.717) is 0 Å². The number of alkyl halides is 3. The number of nitrogen functional groups attached to an aromatic ring is 1. The molecule has 7 heteroatoms. The van der Waals surface area contributed by atoms with Gasteiger partial charge >= 0.3 is 12.3 Å². The average molecular weight is 314 g/mol. The van der Waals surface area contributed by atoms with Gasteiger partial charge in [-0.2, -0.15) is 13.2 Å². The lowest BCUT2D eigenvalue weighted by Gasteiger charge is -2.19. The first-order valence-corrected chi connectivity index (χ1v) is 6.41. The molecule has 0 aromatic heterocycles. The zero-order valence-electron chi connectivity index (χ0n) is 12.5. The van der Waals surface area contributed by atoms with Gasteiger partial charge in [-0.15, -0.1) is 0 Å². The number of alkyl carbamates (subject to hydrolysis) is 1. The van der Waals surface area contributed by atoms with Crippen LogP contribution in [0.15, 0.2) is 18.2 Å². The van der Waals surface area contributed by atoms with Gasteiger partial charge in [-0.3, -0.25) is 0 Å². The lowest BCUT2D eigenvalue weighted by Crippen LogP contribution is -2.32. The maximum atomic E-state index is 12.6. The summed E-state index contributed by atoms with van der Waals surface area (Å²) < 4.78 is 42.9. The standard InChI is InChI=1S/C15H17F3N2O2/c1-14(2,3)22-13(21)20-6-4-5-10-7-11(15(16,17)18)9-12(19)8-10/h7-9H,6,19H2,1-3H3,(H,20,21). The summed E-state index contributed by atoms with van der Waals surface area (Å²) in [6.45, 7) is 5.09. The van der Waals surface area contributed by atoms with Crippen LogP contribution in [0.4, 0.5) is 23.7 Å². The number of nitrogens with one attached hydrogen (secondary N) is 1. The molecule has 0 aliphatic rings. The highest BCUT2D eigenvalue weighted by atomic mass is 19.4. The van der Waals surface area contributed by atoms with Crippen molar-refractivity contribution in [2.24, 2.45) is 0 Å². The van der Waals surface area contributed by atoms with E-state index in [1.807, 2.05) is 0 Å². The van der Waals surface area contributed by atoms with Gasteiger partial charge in [0.05, 0.1) is 12.1 Å². The molecule has 1 rings (SSSR count). The molecule has 120 valence electrons. The minimum absolute atomic E-state index is 0.0285. The Morgan fingerprint density at radius 3 is 2.45 bits per heavy atom. The Bertz CT molecular complexity index is 608. The molecule has 0 atom stereocenters. The second kappa shape index (κ2) is 6.60. The highest BCUT2D eigenvalue weighted by Crippen LogP contribution is 2.31. The van der Waals surface area contributed by atoms with E-state index in [1.54, 1.807) is 20.8 Å². The topological polar surface area (TPSA) is 64.3 Å². The minimum atomic E-state index is -4.49. The van der Waals surface area contributed by atoms with Crippen LogP contribution in [0.1, 0.15) is 31.9 Å². The minimum Gasteiger partial charge on any atom is -0.444 e. The molecule has 0 radical (unpaired) electrons. The van der Waals surface area contributed by atoms with Gasteiger partial charge in [-0.1, -0.05) is 11.8 Å². The lowest BCUT2D eigenvalue weighted by molar-refractivity contribution is -0.137. The Morgan fingerprint density at radius 1 is 1.27 bits per heavy atom. The Balaban J connectivity index is 2.69. The first kappa shape index (κ1) is 17.7. The molecule has 1 aromatic rings. The van der Waals surface area contributed by atoms with E-state index < -0.39 is 23.4 Å². The molecule has 0 saturated heterocycles. The molecule has 0 bridgehead atoms. The fourth-order valence-electron chi connectivity index (χ4n) is 1.46. The van der Waals surface area contributed by atoms with Crippen molar-refractivity contribution in [1.29, 1.82) is 0 Å². The molecule has 0 fully saturated rings. The molecule has 0 unspecified atom stereocenters. The third-order valence-corrected chi connectivity index (χ3v) is 2.24. The first-order chi connectivity index (χ1) is 9.97. The molecule has 3 N–H and O–H groups in total. The van der Waals surface area contributed by atoms with Gasteiger partial charge in [0.2, 0.25) is 0 Å². The molecule has 1 aromatic carbocycles. The molecule has 1 amide bonds. The predicted octanol–water partition coefficient (Wildman–Crippen LogP) is 3.16. The summed E-state index contributed by atoms with van der Waals surface area (Å²) in [5, 5.41) is 2.38. The van der Waals surface area contributed by atoms with Crippen LogP contribution in [0.2, 0.25) is 0 Å². The molecular weight excluding hydrogens is 297 g/mol. The van der Waals surface area contributed by atoms with E-state index >= 15 is 0 Å². The number of hydrogen-bond donors (Lipinski definition) is 2. The van der Waals surface area contributed by atoms with Crippen LogP contribution in [0, 0.1) is 11.8 Å². The second-order valence-corrected chi connectivity index (χ2v) is 5.50. The van der Waals surface area contributed by atoms with Crippen LogP contribution in [0.5, 0.6) is 0 Å². The highest BCUT2D eigenvalue weighted by molar-refractivity contribution is 5.68. The van der Waals surface area contributed by atoms with Gasteiger partial charge in [0.1, 0.15) is 5.60 Å². The normalized spacial score (nSPS) is 11.4. The second-order valence-electron chi connectivity index (χ2n) is 5.50. The largest absolute Gasteiger partial charge is 0.444 e. The van der Waals surface area contributed by atoms with E-state index in [9.17, 15) is 18.0 Å². The molecule has 0 aliphatic carbocycles. The molecule has 0 saturated carbocycles. The number of benzene rings is 1. The lowest BCUT2D eigenvalue weighted by atomic mass is 10.1. The van der Waals surface area contributed by atoms with Gasteiger partial charge in [-0.05, 0) is 39.0 Å². The summed E-state index contributed by atoms with van der Waals surface area (Å²) in [7, 11) is 0. The van der Waals surface area contributed by atoms with Crippen molar-refractivity contribution in [2.75, 3.05) is 12.3 Å². The van der Waals surface area contributed by atoms with E-state index in [2.05, 4.69) is 17.2 Å². The van der Waals surface area contributed by atoms with Crippen LogP contribution in [-0.2, 0) is 10.9 Å². The van der Waals surface area contributed by atoms with Crippen LogP contribution in [-0.4, -0.2) is 18.2 Å². The number of nitrogens with two attached hydrogens (primary N) is 1. The molecule has 22 heavy (non-hydrogen) atoms. The van der Waals surface area contributed by atoms with E-state index in [-0.39, 0.29) is 17.8 Å². The molecule has 4 nitrogen and oxygen atoms in total. The fraction of sp³-hybridized carbons (Fsp3) is 0.400. The smallest absolute Gasteiger partial charge is 0.416 e. The number of rotatable bonds is 1. The number of carbonyl (C=O) groups excluding carboxylic acids is 1. The maximum absolute atomic E-state index is 12.6. The van der Waals surface area contributed by atoms with Crippen molar-refractivity contribution >= 4 is 11.8 Å². The van der Waals surface area contributed by atoms with Gasteiger partial charge in [0.25, 0.3) is 0 Å². The summed E-state index contributed by atoms with van der Waals surface area (Å²) >= 11 is 0. The number of amides is 1. The quantitative estimate of drug-likeness (QED) is 0.618. The predicted molar refractivity (Wildman–Crippen MR) is 77.0 cm³/mol. The van der Waals surface area contributed by atoms with Crippen LogP contribution in [0.3, 0.4) is 0 Å². The molecule has 0 spiro atoms. The van der Waals surface area contributed by atoms with Gasteiger partial charge < -0.3 is 15.8 Å². The number of ether oxygens (including phenoxy) is 1. The van der Waals surface area contributed by atoms with Crippen LogP contribution >= 0.6 is 0 Å². The zero-order chi connectivity index (χ0) is 17.0. The maximum Gasteiger partial charge on any atom is 0.416 e. The average Bonchev–Trinajstić information content (AvgIpc) is 2.30.